The van der Waals surface area contributed by atoms with Gasteiger partial charge in [-0.15, -0.1) is 0 Å². The van der Waals surface area contributed by atoms with Gasteiger partial charge in [-0.25, -0.2) is 4.39 Å². The first-order valence-electron chi connectivity index (χ1n) is 4.26. The van der Waals surface area contributed by atoms with Crippen molar-refractivity contribution in [2.24, 2.45) is 0 Å². The van der Waals surface area contributed by atoms with Crippen LogP contribution in [0.1, 0.15) is 32.3 Å². The zero-order valence-corrected chi connectivity index (χ0v) is 7.79. The average Bonchev–Trinajstić information content (AvgIpc) is 2.34. The van der Waals surface area contributed by atoms with Gasteiger partial charge in [-0.05, 0) is 18.4 Å². The largest absolute Gasteiger partial charge is 0.270 e. The van der Waals surface area contributed by atoms with Crippen LogP contribution in [0.5, 0.6) is 0 Å². The van der Waals surface area contributed by atoms with Gasteiger partial charge in [0.05, 0.1) is 12.7 Å². The van der Waals surface area contributed by atoms with Gasteiger partial charge in [-0.3, -0.25) is 4.68 Å². The monoisotopic (exact) mass is 170 g/mol. The summed E-state index contributed by atoms with van der Waals surface area (Å²) in [5.74, 6) is 0.466. The van der Waals surface area contributed by atoms with Crippen molar-refractivity contribution in [2.45, 2.75) is 39.4 Å². The molecule has 0 aliphatic rings. The Morgan fingerprint density at radius 1 is 1.50 bits per heavy atom. The number of nitrogens with zero attached hydrogens (tertiary/aromatic N) is 2. The van der Waals surface area contributed by atoms with Crippen molar-refractivity contribution in [1.29, 1.82) is 0 Å². The first-order valence-corrected chi connectivity index (χ1v) is 4.26. The van der Waals surface area contributed by atoms with Crippen LogP contribution < -0.4 is 0 Å². The number of alkyl halides is 1. The minimum atomic E-state index is -0.829. The summed E-state index contributed by atoms with van der Waals surface area (Å²) in [7, 11) is 0. The lowest BCUT2D eigenvalue weighted by molar-refractivity contribution is 0.309. The van der Waals surface area contributed by atoms with E-state index in [0.29, 0.717) is 12.5 Å². The molecule has 2 nitrogen and oxygen atoms in total. The van der Waals surface area contributed by atoms with Gasteiger partial charge in [0.15, 0.2) is 0 Å². The highest BCUT2D eigenvalue weighted by molar-refractivity contribution is 5.08. The van der Waals surface area contributed by atoms with Crippen molar-refractivity contribution in [3.8, 4) is 0 Å². The lowest BCUT2D eigenvalue weighted by Crippen LogP contribution is -2.07. The topological polar surface area (TPSA) is 17.8 Å². The van der Waals surface area contributed by atoms with E-state index in [-0.39, 0.29) is 0 Å². The Balaban J connectivity index is 2.64. The molecular formula is C9H15FN2. The Kier molecular flexibility index (Phi) is 2.84. The molecule has 68 valence electrons. The van der Waals surface area contributed by atoms with Crippen LogP contribution in [-0.4, -0.2) is 16.0 Å². The third kappa shape index (κ3) is 2.32. The molecule has 1 aromatic rings. The van der Waals surface area contributed by atoms with Crippen molar-refractivity contribution >= 4 is 0 Å². The van der Waals surface area contributed by atoms with E-state index in [1.807, 2.05) is 6.20 Å². The highest BCUT2D eigenvalue weighted by Gasteiger charge is 2.04. The maximum atomic E-state index is 12.5. The molecule has 0 aromatic carbocycles. The molecule has 0 bridgehead atoms. The van der Waals surface area contributed by atoms with E-state index in [2.05, 4.69) is 18.9 Å². The lowest BCUT2D eigenvalue weighted by Gasteiger charge is -2.01. The lowest BCUT2D eigenvalue weighted by atomic mass is 10.1. The van der Waals surface area contributed by atoms with E-state index in [9.17, 15) is 4.39 Å². The van der Waals surface area contributed by atoms with Crippen LogP contribution in [-0.2, 0) is 6.54 Å². The Hall–Kier alpha value is -0.860. The molecule has 0 fully saturated rings. The van der Waals surface area contributed by atoms with E-state index < -0.39 is 6.17 Å². The first-order chi connectivity index (χ1) is 5.59. The molecule has 1 unspecified atom stereocenters. The standard InChI is InChI=1S/C9H15FN2/c1-7(2)9-4-11-12(6-9)5-8(3)10/h4,6-8H,5H2,1-3H3. The van der Waals surface area contributed by atoms with Crippen LogP contribution in [0.3, 0.4) is 0 Å². The average molecular weight is 170 g/mol. The van der Waals surface area contributed by atoms with Gasteiger partial charge >= 0.3 is 0 Å². The van der Waals surface area contributed by atoms with Gasteiger partial charge < -0.3 is 0 Å². The van der Waals surface area contributed by atoms with Crippen molar-refractivity contribution in [3.63, 3.8) is 0 Å². The Bertz CT molecular complexity index is 240. The molecule has 1 rings (SSSR count). The number of hydrogen-bond donors (Lipinski definition) is 0. The highest BCUT2D eigenvalue weighted by atomic mass is 19.1. The van der Waals surface area contributed by atoms with Gasteiger partial charge in [0.25, 0.3) is 0 Å². The third-order valence-corrected chi connectivity index (χ3v) is 1.76. The Morgan fingerprint density at radius 2 is 2.17 bits per heavy atom. The summed E-state index contributed by atoms with van der Waals surface area (Å²) >= 11 is 0. The molecule has 3 heteroatoms. The molecule has 0 saturated heterocycles. The van der Waals surface area contributed by atoms with E-state index in [1.165, 1.54) is 6.92 Å². The number of halogens is 1. The molecule has 0 aliphatic heterocycles. The van der Waals surface area contributed by atoms with Crippen LogP contribution in [0, 0.1) is 0 Å². The number of rotatable bonds is 3. The second-order valence-corrected chi connectivity index (χ2v) is 3.43. The van der Waals surface area contributed by atoms with Crippen LogP contribution in [0.15, 0.2) is 12.4 Å². The van der Waals surface area contributed by atoms with Gasteiger partial charge in [0, 0.05) is 6.20 Å². The van der Waals surface area contributed by atoms with E-state index in [4.69, 9.17) is 0 Å². The van der Waals surface area contributed by atoms with Crippen molar-refractivity contribution in [2.75, 3.05) is 0 Å². The van der Waals surface area contributed by atoms with Crippen LogP contribution in [0.25, 0.3) is 0 Å². The molecule has 0 amide bonds. The van der Waals surface area contributed by atoms with Crippen molar-refractivity contribution < 1.29 is 4.39 Å². The smallest absolute Gasteiger partial charge is 0.117 e. The summed E-state index contributed by atoms with van der Waals surface area (Å²) in [4.78, 5) is 0. The van der Waals surface area contributed by atoms with Gasteiger partial charge in [0.2, 0.25) is 0 Å². The minimum absolute atomic E-state index is 0.354. The van der Waals surface area contributed by atoms with Crippen LogP contribution in [0.2, 0.25) is 0 Å². The summed E-state index contributed by atoms with van der Waals surface area (Å²) in [5.41, 5.74) is 1.16. The zero-order chi connectivity index (χ0) is 9.14. The molecule has 0 N–H and O–H groups in total. The first kappa shape index (κ1) is 9.23. The SMILES string of the molecule is CC(F)Cn1cc(C(C)C)cn1. The van der Waals surface area contributed by atoms with Crippen LogP contribution in [0.4, 0.5) is 4.39 Å². The number of aromatic nitrogens is 2. The highest BCUT2D eigenvalue weighted by Crippen LogP contribution is 2.12. The molecule has 0 saturated carbocycles. The molecule has 1 aromatic heterocycles. The maximum Gasteiger partial charge on any atom is 0.117 e. The molecular weight excluding hydrogens is 155 g/mol. The summed E-state index contributed by atoms with van der Waals surface area (Å²) < 4.78 is 14.2. The Labute approximate surface area is 72.4 Å². The predicted molar refractivity (Wildman–Crippen MR) is 46.9 cm³/mol. The molecule has 0 radical (unpaired) electrons. The zero-order valence-electron chi connectivity index (χ0n) is 7.79. The summed E-state index contributed by atoms with van der Waals surface area (Å²) in [5, 5.41) is 4.05. The van der Waals surface area contributed by atoms with Crippen molar-refractivity contribution in [1.82, 2.24) is 9.78 Å². The Morgan fingerprint density at radius 3 is 2.58 bits per heavy atom. The minimum Gasteiger partial charge on any atom is -0.270 e. The summed E-state index contributed by atoms with van der Waals surface area (Å²) in [6.45, 7) is 6.09. The fourth-order valence-corrected chi connectivity index (χ4v) is 1.04. The second-order valence-electron chi connectivity index (χ2n) is 3.43. The number of hydrogen-bond acceptors (Lipinski definition) is 1. The molecule has 1 atom stereocenters. The summed E-state index contributed by atoms with van der Waals surface area (Å²) in [6.07, 6.45) is 2.87. The third-order valence-electron chi connectivity index (χ3n) is 1.76. The predicted octanol–water partition coefficient (Wildman–Crippen LogP) is 2.36. The van der Waals surface area contributed by atoms with Gasteiger partial charge in [-0.1, -0.05) is 13.8 Å². The van der Waals surface area contributed by atoms with Gasteiger partial charge in [-0.2, -0.15) is 5.10 Å². The quantitative estimate of drug-likeness (QED) is 0.681. The molecule has 1 heterocycles. The van der Waals surface area contributed by atoms with Crippen molar-refractivity contribution in [3.05, 3.63) is 18.0 Å². The fourth-order valence-electron chi connectivity index (χ4n) is 1.04. The molecule has 0 aliphatic carbocycles. The van der Waals surface area contributed by atoms with Gasteiger partial charge in [0.1, 0.15) is 6.17 Å². The van der Waals surface area contributed by atoms with Crippen LogP contribution >= 0.6 is 0 Å². The molecule has 0 spiro atoms. The van der Waals surface area contributed by atoms with E-state index in [1.54, 1.807) is 10.9 Å². The van der Waals surface area contributed by atoms with E-state index in [0.717, 1.165) is 5.56 Å². The second kappa shape index (κ2) is 3.70. The maximum absolute atomic E-state index is 12.5. The summed E-state index contributed by atoms with van der Waals surface area (Å²) in [6, 6.07) is 0. The molecule has 12 heavy (non-hydrogen) atoms. The fraction of sp³-hybridized carbons (Fsp3) is 0.667. The van der Waals surface area contributed by atoms with E-state index >= 15 is 0 Å². The normalized spacial score (nSPS) is 13.8.